The zero-order valence-corrected chi connectivity index (χ0v) is 9.49. The highest BCUT2D eigenvalue weighted by atomic mass is 15.4. The molecule has 0 atom stereocenters. The van der Waals surface area contributed by atoms with Crippen LogP contribution in [0.25, 0.3) is 0 Å². The van der Waals surface area contributed by atoms with E-state index in [2.05, 4.69) is 31.5 Å². The highest BCUT2D eigenvalue weighted by Crippen LogP contribution is 2.08. The van der Waals surface area contributed by atoms with Crippen LogP contribution in [0.2, 0.25) is 0 Å². The Morgan fingerprint density at radius 3 is 3.00 bits per heavy atom. The van der Waals surface area contributed by atoms with Gasteiger partial charge in [0.1, 0.15) is 0 Å². The largest absolute Gasteiger partial charge is 0.365 e. The van der Waals surface area contributed by atoms with Gasteiger partial charge in [-0.05, 0) is 12.1 Å². The van der Waals surface area contributed by atoms with Crippen molar-refractivity contribution in [3.8, 4) is 0 Å². The van der Waals surface area contributed by atoms with Gasteiger partial charge in [-0.1, -0.05) is 0 Å². The Balaban J connectivity index is 1.90. The maximum Gasteiger partial charge on any atom is 0.246 e. The SMILES string of the molecule is CNc1nc(N(C)CCc2ccc[nH]2)n[nH]1. The molecular weight excluding hydrogens is 204 g/mol. The molecule has 0 radical (unpaired) electrons. The number of nitrogens with zero attached hydrogens (tertiary/aromatic N) is 3. The van der Waals surface area contributed by atoms with E-state index in [9.17, 15) is 0 Å². The first-order chi connectivity index (χ1) is 7.79. The summed E-state index contributed by atoms with van der Waals surface area (Å²) in [5.41, 5.74) is 1.22. The second-order valence-corrected chi connectivity index (χ2v) is 3.60. The van der Waals surface area contributed by atoms with Gasteiger partial charge >= 0.3 is 0 Å². The minimum Gasteiger partial charge on any atom is -0.365 e. The monoisotopic (exact) mass is 220 g/mol. The predicted octanol–water partition coefficient (Wildman–Crippen LogP) is 0.853. The number of nitrogens with one attached hydrogen (secondary N) is 3. The third-order valence-electron chi connectivity index (χ3n) is 2.43. The van der Waals surface area contributed by atoms with Gasteiger partial charge in [-0.2, -0.15) is 4.98 Å². The van der Waals surface area contributed by atoms with Crippen LogP contribution < -0.4 is 10.2 Å². The van der Waals surface area contributed by atoms with E-state index >= 15 is 0 Å². The molecule has 2 aromatic rings. The van der Waals surface area contributed by atoms with Crippen molar-refractivity contribution in [2.75, 3.05) is 30.9 Å². The van der Waals surface area contributed by atoms with Crippen LogP contribution in [0.4, 0.5) is 11.9 Å². The van der Waals surface area contributed by atoms with Crippen molar-refractivity contribution in [2.45, 2.75) is 6.42 Å². The smallest absolute Gasteiger partial charge is 0.246 e. The van der Waals surface area contributed by atoms with E-state index < -0.39 is 0 Å². The van der Waals surface area contributed by atoms with Crippen LogP contribution in [0.3, 0.4) is 0 Å². The van der Waals surface area contributed by atoms with Gasteiger partial charge in [0.25, 0.3) is 0 Å². The van der Waals surface area contributed by atoms with Crippen LogP contribution in [-0.4, -0.2) is 40.8 Å². The average molecular weight is 220 g/mol. The molecule has 0 aliphatic rings. The molecule has 3 N–H and O–H groups in total. The number of rotatable bonds is 5. The normalized spacial score (nSPS) is 10.4. The van der Waals surface area contributed by atoms with Crippen LogP contribution >= 0.6 is 0 Å². The average Bonchev–Trinajstić information content (AvgIpc) is 2.96. The number of anilines is 2. The summed E-state index contributed by atoms with van der Waals surface area (Å²) in [5, 5.41) is 9.82. The van der Waals surface area contributed by atoms with E-state index in [0.29, 0.717) is 11.9 Å². The third kappa shape index (κ3) is 2.33. The second kappa shape index (κ2) is 4.69. The number of likely N-dealkylation sites (N-methyl/N-ethyl adjacent to an activating group) is 1. The van der Waals surface area contributed by atoms with E-state index in [1.54, 1.807) is 0 Å². The van der Waals surface area contributed by atoms with E-state index in [1.165, 1.54) is 5.69 Å². The van der Waals surface area contributed by atoms with E-state index in [4.69, 9.17) is 0 Å². The topological polar surface area (TPSA) is 72.6 Å². The van der Waals surface area contributed by atoms with Gasteiger partial charge < -0.3 is 15.2 Å². The number of hydrogen-bond acceptors (Lipinski definition) is 4. The molecule has 0 saturated heterocycles. The Hall–Kier alpha value is -1.98. The van der Waals surface area contributed by atoms with Crippen LogP contribution in [0, 0.1) is 0 Å². The quantitative estimate of drug-likeness (QED) is 0.698. The van der Waals surface area contributed by atoms with E-state index in [0.717, 1.165) is 13.0 Å². The summed E-state index contributed by atoms with van der Waals surface area (Å²) >= 11 is 0. The Labute approximate surface area is 94.1 Å². The first kappa shape index (κ1) is 10.5. The Bertz CT molecular complexity index is 418. The lowest BCUT2D eigenvalue weighted by Gasteiger charge is -2.13. The van der Waals surface area contributed by atoms with Crippen molar-refractivity contribution in [1.82, 2.24) is 20.2 Å². The molecule has 6 nitrogen and oxygen atoms in total. The first-order valence-corrected chi connectivity index (χ1v) is 5.23. The zero-order valence-electron chi connectivity index (χ0n) is 9.49. The summed E-state index contributed by atoms with van der Waals surface area (Å²) in [6, 6.07) is 4.08. The summed E-state index contributed by atoms with van der Waals surface area (Å²) in [6.45, 7) is 0.877. The summed E-state index contributed by atoms with van der Waals surface area (Å²) in [6.07, 6.45) is 2.88. The maximum absolute atomic E-state index is 4.27. The summed E-state index contributed by atoms with van der Waals surface area (Å²) in [5.74, 6) is 1.39. The molecule has 0 unspecified atom stereocenters. The standard InChI is InChI=1S/C10H16N6/c1-11-9-13-10(15-14-9)16(2)7-5-8-4-3-6-12-8/h3-4,6,12H,5,7H2,1-2H3,(H2,11,13,14,15). The first-order valence-electron chi connectivity index (χ1n) is 5.23. The minimum absolute atomic E-state index is 0.682. The Morgan fingerprint density at radius 1 is 1.50 bits per heavy atom. The second-order valence-electron chi connectivity index (χ2n) is 3.60. The van der Waals surface area contributed by atoms with Crippen molar-refractivity contribution in [1.29, 1.82) is 0 Å². The fourth-order valence-electron chi connectivity index (χ4n) is 1.45. The van der Waals surface area contributed by atoms with Gasteiger partial charge in [0, 0.05) is 39.0 Å². The fourth-order valence-corrected chi connectivity index (χ4v) is 1.45. The van der Waals surface area contributed by atoms with Gasteiger partial charge in [0.05, 0.1) is 0 Å². The molecule has 0 aromatic carbocycles. The Kier molecular flexibility index (Phi) is 3.09. The molecule has 0 amide bonds. The van der Waals surface area contributed by atoms with E-state index in [-0.39, 0.29) is 0 Å². The molecule has 6 heteroatoms. The summed E-state index contributed by atoms with van der Waals surface area (Å²) in [7, 11) is 3.79. The fraction of sp³-hybridized carbons (Fsp3) is 0.400. The maximum atomic E-state index is 4.27. The molecule has 0 spiro atoms. The molecule has 0 saturated carbocycles. The summed E-state index contributed by atoms with van der Waals surface area (Å²) in [4.78, 5) is 9.45. The number of aromatic nitrogens is 4. The lowest BCUT2D eigenvalue weighted by molar-refractivity contribution is 0.828. The van der Waals surface area contributed by atoms with Crippen molar-refractivity contribution in [2.24, 2.45) is 0 Å². The van der Waals surface area contributed by atoms with Crippen LogP contribution in [0.15, 0.2) is 18.3 Å². The van der Waals surface area contributed by atoms with Gasteiger partial charge in [-0.15, -0.1) is 5.10 Å². The highest BCUT2D eigenvalue weighted by Gasteiger charge is 2.07. The van der Waals surface area contributed by atoms with Gasteiger partial charge in [0.2, 0.25) is 11.9 Å². The molecule has 2 aromatic heterocycles. The van der Waals surface area contributed by atoms with Crippen LogP contribution in [-0.2, 0) is 6.42 Å². The number of aromatic amines is 2. The van der Waals surface area contributed by atoms with Crippen LogP contribution in [0.1, 0.15) is 5.69 Å². The molecule has 0 aliphatic carbocycles. The van der Waals surface area contributed by atoms with Crippen molar-refractivity contribution < 1.29 is 0 Å². The minimum atomic E-state index is 0.682. The molecule has 0 bridgehead atoms. The third-order valence-corrected chi connectivity index (χ3v) is 2.43. The highest BCUT2D eigenvalue weighted by molar-refractivity contribution is 5.35. The number of H-pyrrole nitrogens is 2. The van der Waals surface area contributed by atoms with Crippen molar-refractivity contribution in [3.63, 3.8) is 0 Å². The van der Waals surface area contributed by atoms with Gasteiger partial charge in [-0.3, -0.25) is 0 Å². The zero-order chi connectivity index (χ0) is 11.4. The molecule has 0 aliphatic heterocycles. The molecule has 2 rings (SSSR count). The van der Waals surface area contributed by atoms with Gasteiger partial charge in [-0.25, -0.2) is 5.10 Å². The molecule has 16 heavy (non-hydrogen) atoms. The van der Waals surface area contributed by atoms with Crippen LogP contribution in [0.5, 0.6) is 0 Å². The van der Waals surface area contributed by atoms with E-state index in [1.807, 2.05) is 31.3 Å². The van der Waals surface area contributed by atoms with Gasteiger partial charge in [0.15, 0.2) is 0 Å². The lowest BCUT2D eigenvalue weighted by Crippen LogP contribution is -2.21. The van der Waals surface area contributed by atoms with Crippen molar-refractivity contribution >= 4 is 11.9 Å². The molecule has 0 fully saturated rings. The molecular formula is C10H16N6. The molecule has 2 heterocycles. The predicted molar refractivity (Wildman–Crippen MR) is 63.7 cm³/mol. The number of hydrogen-bond donors (Lipinski definition) is 3. The summed E-state index contributed by atoms with van der Waals surface area (Å²) < 4.78 is 0. The van der Waals surface area contributed by atoms with Crippen molar-refractivity contribution in [3.05, 3.63) is 24.0 Å². The Morgan fingerprint density at radius 2 is 2.38 bits per heavy atom. The molecule has 86 valence electrons. The lowest BCUT2D eigenvalue weighted by atomic mass is 10.3.